The summed E-state index contributed by atoms with van der Waals surface area (Å²) in [6, 6.07) is 5.90. The standard InChI is InChI=1S/C17H19NO4/c19-17(20)11-22-15-3-1-2-13-10-12(4-6-14(13)15)5-7-16-18-8-9-21-16/h1-3,8-9,12H,4-7,10-11H2,(H,19,20). The lowest BCUT2D eigenvalue weighted by molar-refractivity contribution is -0.139. The predicted molar refractivity (Wildman–Crippen MR) is 79.9 cm³/mol. The Bertz CT molecular complexity index is 636. The number of fused-ring (bicyclic) bond motifs is 1. The van der Waals surface area contributed by atoms with Gasteiger partial charge in [-0.15, -0.1) is 0 Å². The van der Waals surface area contributed by atoms with Gasteiger partial charge in [0, 0.05) is 6.42 Å². The molecule has 1 heterocycles. The van der Waals surface area contributed by atoms with Crippen LogP contribution in [0, 0.1) is 5.92 Å². The summed E-state index contributed by atoms with van der Waals surface area (Å²) in [4.78, 5) is 14.8. The average Bonchev–Trinajstić information content (AvgIpc) is 3.04. The van der Waals surface area contributed by atoms with Crippen molar-refractivity contribution in [3.8, 4) is 5.75 Å². The molecular weight excluding hydrogens is 282 g/mol. The largest absolute Gasteiger partial charge is 0.482 e. The summed E-state index contributed by atoms with van der Waals surface area (Å²) in [5.74, 6) is 1.17. The van der Waals surface area contributed by atoms with E-state index in [0.29, 0.717) is 11.7 Å². The maximum atomic E-state index is 10.7. The number of nitrogens with zero attached hydrogens (tertiary/aromatic N) is 1. The topological polar surface area (TPSA) is 72.6 Å². The molecule has 1 N–H and O–H groups in total. The molecule has 3 rings (SSSR count). The Hall–Kier alpha value is -2.30. The smallest absolute Gasteiger partial charge is 0.341 e. The number of hydrogen-bond acceptors (Lipinski definition) is 4. The maximum Gasteiger partial charge on any atom is 0.341 e. The number of aryl methyl sites for hydroxylation is 1. The number of benzene rings is 1. The van der Waals surface area contributed by atoms with Crippen LogP contribution in [-0.2, 0) is 24.1 Å². The molecule has 5 heteroatoms. The average molecular weight is 301 g/mol. The Balaban J connectivity index is 1.63. The minimum absolute atomic E-state index is 0.288. The highest BCUT2D eigenvalue weighted by Crippen LogP contribution is 2.33. The van der Waals surface area contributed by atoms with Crippen LogP contribution < -0.4 is 4.74 Å². The van der Waals surface area contributed by atoms with E-state index in [1.807, 2.05) is 12.1 Å². The molecular formula is C17H19NO4. The van der Waals surface area contributed by atoms with Gasteiger partial charge in [-0.1, -0.05) is 12.1 Å². The number of oxazole rings is 1. The van der Waals surface area contributed by atoms with Gasteiger partial charge in [0.05, 0.1) is 6.20 Å². The highest BCUT2D eigenvalue weighted by molar-refractivity contribution is 5.68. The number of aliphatic carboxylic acids is 1. The summed E-state index contributed by atoms with van der Waals surface area (Å²) >= 11 is 0. The Morgan fingerprint density at radius 1 is 1.45 bits per heavy atom. The van der Waals surface area contributed by atoms with Gasteiger partial charge in [0.1, 0.15) is 12.0 Å². The van der Waals surface area contributed by atoms with Gasteiger partial charge in [0.15, 0.2) is 12.5 Å². The number of carboxylic acid groups (broad SMARTS) is 1. The first kappa shape index (κ1) is 14.6. The van der Waals surface area contributed by atoms with Gasteiger partial charge in [0.2, 0.25) is 0 Å². The van der Waals surface area contributed by atoms with Gasteiger partial charge < -0.3 is 14.3 Å². The molecule has 0 fully saturated rings. The van der Waals surface area contributed by atoms with Crippen molar-refractivity contribution in [2.24, 2.45) is 5.92 Å². The zero-order chi connectivity index (χ0) is 15.4. The molecule has 2 aromatic rings. The van der Waals surface area contributed by atoms with Crippen molar-refractivity contribution < 1.29 is 19.1 Å². The Kier molecular flexibility index (Phi) is 4.42. The van der Waals surface area contributed by atoms with E-state index in [2.05, 4.69) is 11.1 Å². The third kappa shape index (κ3) is 3.47. The van der Waals surface area contributed by atoms with E-state index in [0.717, 1.165) is 43.6 Å². The van der Waals surface area contributed by atoms with E-state index in [9.17, 15) is 4.79 Å². The molecule has 1 unspecified atom stereocenters. The number of ether oxygens (including phenoxy) is 1. The predicted octanol–water partition coefficient (Wildman–Crippen LogP) is 2.88. The second kappa shape index (κ2) is 6.64. The monoisotopic (exact) mass is 301 g/mol. The van der Waals surface area contributed by atoms with Crippen LogP contribution in [0.25, 0.3) is 0 Å². The lowest BCUT2D eigenvalue weighted by atomic mass is 9.81. The highest BCUT2D eigenvalue weighted by Gasteiger charge is 2.22. The third-order valence-electron chi connectivity index (χ3n) is 4.14. The molecule has 1 aliphatic rings. The third-order valence-corrected chi connectivity index (χ3v) is 4.14. The first-order valence-corrected chi connectivity index (χ1v) is 7.56. The van der Waals surface area contributed by atoms with Crippen LogP contribution in [0.2, 0.25) is 0 Å². The summed E-state index contributed by atoms with van der Waals surface area (Å²) in [5.41, 5.74) is 2.43. The van der Waals surface area contributed by atoms with Crippen molar-refractivity contribution in [1.29, 1.82) is 0 Å². The zero-order valence-electron chi connectivity index (χ0n) is 12.3. The molecule has 0 radical (unpaired) electrons. The van der Waals surface area contributed by atoms with Crippen LogP contribution >= 0.6 is 0 Å². The molecule has 116 valence electrons. The van der Waals surface area contributed by atoms with Crippen molar-refractivity contribution in [1.82, 2.24) is 4.98 Å². The molecule has 5 nitrogen and oxygen atoms in total. The molecule has 1 aromatic carbocycles. The summed E-state index contributed by atoms with van der Waals surface area (Å²) in [5, 5.41) is 8.74. The van der Waals surface area contributed by atoms with Crippen LogP contribution in [0.15, 0.2) is 35.1 Å². The fourth-order valence-electron chi connectivity index (χ4n) is 3.07. The summed E-state index contributed by atoms with van der Waals surface area (Å²) in [6.45, 7) is -0.288. The molecule has 1 atom stereocenters. The van der Waals surface area contributed by atoms with Gasteiger partial charge in [-0.05, 0) is 48.8 Å². The van der Waals surface area contributed by atoms with Crippen LogP contribution in [-0.4, -0.2) is 22.7 Å². The van der Waals surface area contributed by atoms with Crippen molar-refractivity contribution >= 4 is 5.97 Å². The number of carboxylic acids is 1. The normalized spacial score (nSPS) is 17.0. The molecule has 0 bridgehead atoms. The maximum absolute atomic E-state index is 10.7. The quantitative estimate of drug-likeness (QED) is 0.888. The fraction of sp³-hybridized carbons (Fsp3) is 0.412. The van der Waals surface area contributed by atoms with E-state index >= 15 is 0 Å². The first-order valence-electron chi connectivity index (χ1n) is 7.56. The first-order chi connectivity index (χ1) is 10.7. The van der Waals surface area contributed by atoms with E-state index in [-0.39, 0.29) is 6.61 Å². The lowest BCUT2D eigenvalue weighted by Crippen LogP contribution is -2.17. The second-order valence-electron chi connectivity index (χ2n) is 5.65. The number of hydrogen-bond donors (Lipinski definition) is 1. The van der Waals surface area contributed by atoms with Crippen LogP contribution in [0.4, 0.5) is 0 Å². The summed E-state index contributed by atoms with van der Waals surface area (Å²) in [6.07, 6.45) is 8.22. The van der Waals surface area contributed by atoms with Gasteiger partial charge in [-0.3, -0.25) is 0 Å². The summed E-state index contributed by atoms with van der Waals surface area (Å²) in [7, 11) is 0. The molecule has 1 aliphatic carbocycles. The van der Waals surface area contributed by atoms with E-state index < -0.39 is 5.97 Å². The van der Waals surface area contributed by atoms with E-state index in [1.165, 1.54) is 5.56 Å². The minimum atomic E-state index is -0.947. The zero-order valence-corrected chi connectivity index (χ0v) is 12.3. The molecule has 0 amide bonds. The lowest BCUT2D eigenvalue weighted by Gasteiger charge is -2.25. The van der Waals surface area contributed by atoms with Gasteiger partial charge in [-0.2, -0.15) is 0 Å². The SMILES string of the molecule is O=C(O)COc1cccc2c1CCC(CCc1ncco1)C2. The Morgan fingerprint density at radius 2 is 2.36 bits per heavy atom. The van der Waals surface area contributed by atoms with Crippen LogP contribution in [0.1, 0.15) is 29.9 Å². The number of rotatable bonds is 6. The molecule has 0 spiro atoms. The molecule has 1 aromatic heterocycles. The molecule has 0 saturated carbocycles. The Morgan fingerprint density at radius 3 is 3.14 bits per heavy atom. The Labute approximate surface area is 128 Å². The molecule has 22 heavy (non-hydrogen) atoms. The van der Waals surface area contributed by atoms with Crippen molar-refractivity contribution in [2.75, 3.05) is 6.61 Å². The summed E-state index contributed by atoms with van der Waals surface area (Å²) < 4.78 is 10.7. The van der Waals surface area contributed by atoms with Crippen molar-refractivity contribution in [3.63, 3.8) is 0 Å². The van der Waals surface area contributed by atoms with E-state index in [1.54, 1.807) is 12.5 Å². The second-order valence-corrected chi connectivity index (χ2v) is 5.65. The number of aromatic nitrogens is 1. The van der Waals surface area contributed by atoms with E-state index in [4.69, 9.17) is 14.3 Å². The van der Waals surface area contributed by atoms with Gasteiger partial charge in [-0.25, -0.2) is 9.78 Å². The van der Waals surface area contributed by atoms with Crippen LogP contribution in [0.5, 0.6) is 5.75 Å². The molecule has 0 saturated heterocycles. The molecule has 0 aliphatic heterocycles. The fourth-order valence-corrected chi connectivity index (χ4v) is 3.07. The van der Waals surface area contributed by atoms with Gasteiger partial charge >= 0.3 is 5.97 Å². The van der Waals surface area contributed by atoms with Crippen LogP contribution in [0.3, 0.4) is 0 Å². The van der Waals surface area contributed by atoms with Crippen molar-refractivity contribution in [3.05, 3.63) is 47.7 Å². The minimum Gasteiger partial charge on any atom is -0.482 e. The highest BCUT2D eigenvalue weighted by atomic mass is 16.5. The van der Waals surface area contributed by atoms with Gasteiger partial charge in [0.25, 0.3) is 0 Å². The van der Waals surface area contributed by atoms with Crippen molar-refractivity contribution in [2.45, 2.75) is 32.1 Å². The number of carbonyl (C=O) groups is 1.